The molecule has 2 amide bonds. The van der Waals surface area contributed by atoms with E-state index in [-0.39, 0.29) is 33.7 Å². The molecule has 5 rings (SSSR count). The van der Waals surface area contributed by atoms with Crippen molar-refractivity contribution in [2.75, 3.05) is 30.3 Å². The van der Waals surface area contributed by atoms with Gasteiger partial charge in [-0.15, -0.1) is 0 Å². The van der Waals surface area contributed by atoms with Crippen molar-refractivity contribution in [3.63, 3.8) is 0 Å². The van der Waals surface area contributed by atoms with Crippen LogP contribution >= 0.6 is 23.2 Å². The summed E-state index contributed by atoms with van der Waals surface area (Å²) in [5, 5.41) is 16.0. The van der Waals surface area contributed by atoms with Gasteiger partial charge >= 0.3 is 0 Å². The molecule has 37 heavy (non-hydrogen) atoms. The van der Waals surface area contributed by atoms with E-state index in [9.17, 15) is 14.7 Å². The summed E-state index contributed by atoms with van der Waals surface area (Å²) in [6.45, 7) is 2.82. The number of aromatic nitrogens is 1. The molecule has 0 atom stereocenters. The maximum atomic E-state index is 13.1. The fraction of sp³-hybridized carbons (Fsp3) is 0.321. The van der Waals surface area contributed by atoms with Gasteiger partial charge in [-0.05, 0) is 67.6 Å². The molecule has 1 aromatic heterocycles. The number of carbonyl (C=O) groups is 2. The SMILES string of the molecule is O=C(Nc1c(Cl)cccc1C(=O)Nc1ccc(Cl)cn1)c1ccc(C2(CN3CCC(O)CC3)CC2)cc1. The van der Waals surface area contributed by atoms with Gasteiger partial charge < -0.3 is 20.6 Å². The Morgan fingerprint density at radius 1 is 0.973 bits per heavy atom. The van der Waals surface area contributed by atoms with Crippen molar-refractivity contribution < 1.29 is 14.7 Å². The fourth-order valence-electron chi connectivity index (χ4n) is 4.83. The van der Waals surface area contributed by atoms with Gasteiger partial charge in [0.25, 0.3) is 11.8 Å². The first kappa shape index (κ1) is 25.7. The number of hydrogen-bond donors (Lipinski definition) is 3. The number of pyridine rings is 1. The maximum Gasteiger partial charge on any atom is 0.258 e. The normalized spacial score (nSPS) is 17.3. The van der Waals surface area contributed by atoms with E-state index in [4.69, 9.17) is 23.2 Å². The summed E-state index contributed by atoms with van der Waals surface area (Å²) in [5.74, 6) is -0.478. The average molecular weight is 539 g/mol. The van der Waals surface area contributed by atoms with Crippen molar-refractivity contribution in [1.29, 1.82) is 0 Å². The van der Waals surface area contributed by atoms with Crippen LogP contribution in [0, 0.1) is 0 Å². The Kier molecular flexibility index (Phi) is 7.49. The van der Waals surface area contributed by atoms with E-state index in [1.54, 1.807) is 30.3 Å². The Balaban J connectivity index is 1.27. The lowest BCUT2D eigenvalue weighted by molar-refractivity contribution is 0.0780. The molecule has 2 heterocycles. The van der Waals surface area contributed by atoms with Gasteiger partial charge in [-0.1, -0.05) is 41.4 Å². The molecule has 192 valence electrons. The number of rotatable bonds is 7. The lowest BCUT2D eigenvalue weighted by atomic mass is 9.93. The molecule has 1 aliphatic heterocycles. The summed E-state index contributed by atoms with van der Waals surface area (Å²) in [6.07, 6.45) is 5.16. The highest BCUT2D eigenvalue weighted by Crippen LogP contribution is 2.49. The highest BCUT2D eigenvalue weighted by molar-refractivity contribution is 6.35. The van der Waals surface area contributed by atoms with E-state index in [1.165, 1.54) is 11.8 Å². The van der Waals surface area contributed by atoms with Gasteiger partial charge in [0.2, 0.25) is 0 Å². The molecule has 2 aromatic carbocycles. The molecular formula is C28H28Cl2N4O3. The highest BCUT2D eigenvalue weighted by atomic mass is 35.5. The number of para-hydroxylation sites is 1. The molecule has 2 aliphatic rings. The molecule has 1 aliphatic carbocycles. The lowest BCUT2D eigenvalue weighted by Crippen LogP contribution is -2.40. The van der Waals surface area contributed by atoms with E-state index in [2.05, 4.69) is 20.5 Å². The predicted octanol–water partition coefficient (Wildman–Crippen LogP) is 5.38. The summed E-state index contributed by atoms with van der Waals surface area (Å²) in [7, 11) is 0. The van der Waals surface area contributed by atoms with Crippen LogP contribution in [0.15, 0.2) is 60.8 Å². The molecule has 7 nitrogen and oxygen atoms in total. The van der Waals surface area contributed by atoms with Gasteiger partial charge in [0.1, 0.15) is 5.82 Å². The molecule has 3 aromatic rings. The summed E-state index contributed by atoms with van der Waals surface area (Å²) in [4.78, 5) is 32.5. The van der Waals surface area contributed by atoms with Crippen molar-refractivity contribution >= 4 is 46.5 Å². The zero-order chi connectivity index (χ0) is 26.0. The largest absolute Gasteiger partial charge is 0.393 e. The second-order valence-electron chi connectivity index (χ2n) is 9.80. The number of likely N-dealkylation sites (tertiary alicyclic amines) is 1. The molecular weight excluding hydrogens is 511 g/mol. The Hall–Kier alpha value is -2.97. The van der Waals surface area contributed by atoms with Crippen molar-refractivity contribution in [3.05, 3.63) is 87.5 Å². The van der Waals surface area contributed by atoms with Crippen LogP contribution in [0.1, 0.15) is 52.0 Å². The van der Waals surface area contributed by atoms with Gasteiger partial charge in [-0.2, -0.15) is 0 Å². The van der Waals surface area contributed by atoms with Crippen LogP contribution in [0.25, 0.3) is 0 Å². The van der Waals surface area contributed by atoms with Crippen molar-refractivity contribution in [1.82, 2.24) is 9.88 Å². The molecule has 1 saturated carbocycles. The number of nitrogens with zero attached hydrogens (tertiary/aromatic N) is 2. The maximum absolute atomic E-state index is 13.1. The van der Waals surface area contributed by atoms with Crippen LogP contribution in [0.4, 0.5) is 11.5 Å². The quantitative estimate of drug-likeness (QED) is 0.375. The number of piperidine rings is 1. The third kappa shape index (κ3) is 5.96. The molecule has 3 N–H and O–H groups in total. The fourth-order valence-corrected chi connectivity index (χ4v) is 5.16. The predicted molar refractivity (Wildman–Crippen MR) is 146 cm³/mol. The van der Waals surface area contributed by atoms with Crippen LogP contribution in [-0.2, 0) is 5.41 Å². The van der Waals surface area contributed by atoms with Crippen molar-refractivity contribution in [2.24, 2.45) is 0 Å². The Morgan fingerprint density at radius 3 is 2.35 bits per heavy atom. The van der Waals surface area contributed by atoms with E-state index >= 15 is 0 Å². The van der Waals surface area contributed by atoms with Gasteiger partial charge in [-0.3, -0.25) is 9.59 Å². The van der Waals surface area contributed by atoms with Crippen LogP contribution < -0.4 is 10.6 Å². The van der Waals surface area contributed by atoms with E-state index < -0.39 is 5.91 Å². The van der Waals surface area contributed by atoms with Crippen LogP contribution in [0.5, 0.6) is 0 Å². The summed E-state index contributed by atoms with van der Waals surface area (Å²) >= 11 is 12.2. The number of halogens is 2. The number of benzene rings is 2. The molecule has 0 bridgehead atoms. The zero-order valence-electron chi connectivity index (χ0n) is 20.2. The number of nitrogens with one attached hydrogen (secondary N) is 2. The highest BCUT2D eigenvalue weighted by Gasteiger charge is 2.45. The summed E-state index contributed by atoms with van der Waals surface area (Å²) in [5.41, 5.74) is 2.28. The topological polar surface area (TPSA) is 94.6 Å². The number of carbonyl (C=O) groups excluding carboxylic acids is 2. The Bertz CT molecular complexity index is 1290. The average Bonchev–Trinajstić information content (AvgIpc) is 3.68. The van der Waals surface area contributed by atoms with Crippen LogP contribution in [0.3, 0.4) is 0 Å². The monoisotopic (exact) mass is 538 g/mol. The molecule has 0 spiro atoms. The minimum atomic E-state index is -0.455. The van der Waals surface area contributed by atoms with E-state index in [0.29, 0.717) is 16.4 Å². The lowest BCUT2D eigenvalue weighted by Gasteiger charge is -2.33. The van der Waals surface area contributed by atoms with E-state index in [1.807, 2.05) is 24.3 Å². The first-order valence-corrected chi connectivity index (χ1v) is 13.1. The van der Waals surface area contributed by atoms with Gasteiger partial charge in [0.05, 0.1) is 27.4 Å². The smallest absolute Gasteiger partial charge is 0.258 e. The van der Waals surface area contributed by atoms with Crippen LogP contribution in [0.2, 0.25) is 10.0 Å². The van der Waals surface area contributed by atoms with Gasteiger partial charge in [-0.25, -0.2) is 4.98 Å². The molecule has 9 heteroatoms. The number of anilines is 2. The summed E-state index contributed by atoms with van der Waals surface area (Å²) < 4.78 is 0. The van der Waals surface area contributed by atoms with Gasteiger partial charge in [0.15, 0.2) is 0 Å². The second-order valence-corrected chi connectivity index (χ2v) is 10.6. The third-order valence-corrected chi connectivity index (χ3v) is 7.70. The van der Waals surface area contributed by atoms with E-state index in [0.717, 1.165) is 45.3 Å². The molecule has 1 saturated heterocycles. The number of amides is 2. The number of aliphatic hydroxyl groups excluding tert-OH is 1. The standard InChI is InChI=1S/C28H28Cl2N4O3/c29-20-8-9-24(31-16-20)32-27(37)22-2-1-3-23(30)25(22)33-26(36)18-4-6-19(7-5-18)28(12-13-28)17-34-14-10-21(35)11-15-34/h1-9,16,21,35H,10-15,17H2,(H,33,36)(H,31,32,37). The second kappa shape index (κ2) is 10.8. The minimum Gasteiger partial charge on any atom is -0.393 e. The molecule has 0 unspecified atom stereocenters. The Morgan fingerprint density at radius 2 is 1.70 bits per heavy atom. The zero-order valence-corrected chi connectivity index (χ0v) is 21.7. The first-order valence-electron chi connectivity index (χ1n) is 12.4. The molecule has 2 fully saturated rings. The molecule has 0 radical (unpaired) electrons. The van der Waals surface area contributed by atoms with Gasteiger partial charge in [0, 0.05) is 36.8 Å². The number of aliphatic hydroxyl groups is 1. The Labute approximate surface area is 225 Å². The summed E-state index contributed by atoms with van der Waals surface area (Å²) in [6, 6.07) is 15.7. The minimum absolute atomic E-state index is 0.126. The van der Waals surface area contributed by atoms with Crippen molar-refractivity contribution in [3.8, 4) is 0 Å². The van der Waals surface area contributed by atoms with Crippen LogP contribution in [-0.4, -0.2) is 52.5 Å². The first-order chi connectivity index (χ1) is 17.8. The number of hydrogen-bond acceptors (Lipinski definition) is 5. The van der Waals surface area contributed by atoms with Crippen molar-refractivity contribution in [2.45, 2.75) is 37.2 Å². The third-order valence-electron chi connectivity index (χ3n) is 7.16.